The summed E-state index contributed by atoms with van der Waals surface area (Å²) in [4.78, 5) is 16.6. The SMILES string of the molecule is CC(O)(CNC(=O)c1ccc2ncsc2c1)c1ccc2c(c1)OCO2. The molecule has 2 aromatic carbocycles. The average Bonchev–Trinajstić information content (AvgIpc) is 3.26. The van der Waals surface area contributed by atoms with Gasteiger partial charge in [-0.2, -0.15) is 0 Å². The smallest absolute Gasteiger partial charge is 0.251 e. The van der Waals surface area contributed by atoms with Crippen molar-refractivity contribution in [3.05, 3.63) is 53.0 Å². The lowest BCUT2D eigenvalue weighted by molar-refractivity contribution is 0.0525. The van der Waals surface area contributed by atoms with Crippen LogP contribution in [0.1, 0.15) is 22.8 Å². The minimum atomic E-state index is -1.23. The van der Waals surface area contributed by atoms with Crippen molar-refractivity contribution in [1.82, 2.24) is 10.3 Å². The second kappa shape index (κ2) is 6.02. The number of aromatic nitrogens is 1. The number of amides is 1. The van der Waals surface area contributed by atoms with Crippen molar-refractivity contribution in [3.63, 3.8) is 0 Å². The summed E-state index contributed by atoms with van der Waals surface area (Å²) in [6.07, 6.45) is 0. The summed E-state index contributed by atoms with van der Waals surface area (Å²) in [6, 6.07) is 10.6. The molecule has 25 heavy (non-hydrogen) atoms. The van der Waals surface area contributed by atoms with Crippen molar-refractivity contribution in [2.75, 3.05) is 13.3 Å². The zero-order valence-electron chi connectivity index (χ0n) is 13.5. The van der Waals surface area contributed by atoms with Crippen LogP contribution in [0.15, 0.2) is 41.9 Å². The molecule has 1 aliphatic rings. The fourth-order valence-corrected chi connectivity index (χ4v) is 3.40. The molecule has 6 nitrogen and oxygen atoms in total. The van der Waals surface area contributed by atoms with Crippen LogP contribution in [0.5, 0.6) is 11.5 Å². The zero-order chi connectivity index (χ0) is 17.4. The fraction of sp³-hybridized carbons (Fsp3) is 0.222. The molecule has 1 aliphatic heterocycles. The predicted molar refractivity (Wildman–Crippen MR) is 94.1 cm³/mol. The van der Waals surface area contributed by atoms with Crippen molar-refractivity contribution in [2.45, 2.75) is 12.5 Å². The van der Waals surface area contributed by atoms with Gasteiger partial charge in [-0.25, -0.2) is 4.98 Å². The molecule has 0 saturated carbocycles. The molecule has 1 unspecified atom stereocenters. The van der Waals surface area contributed by atoms with Gasteiger partial charge < -0.3 is 19.9 Å². The summed E-state index contributed by atoms with van der Waals surface area (Å²) >= 11 is 1.48. The standard InChI is InChI=1S/C18H16N2O4S/c1-18(22,12-3-5-14-15(7-12)24-10-23-14)8-19-17(21)11-2-4-13-16(6-11)25-9-20-13/h2-7,9,22H,8,10H2,1H3,(H,19,21). The Morgan fingerprint density at radius 2 is 2.12 bits per heavy atom. The molecule has 0 fully saturated rings. The molecule has 2 heterocycles. The Morgan fingerprint density at radius 3 is 3.00 bits per heavy atom. The van der Waals surface area contributed by atoms with E-state index >= 15 is 0 Å². The number of thiazole rings is 1. The summed E-state index contributed by atoms with van der Waals surface area (Å²) in [7, 11) is 0. The van der Waals surface area contributed by atoms with E-state index in [0.717, 1.165) is 10.2 Å². The highest BCUT2D eigenvalue weighted by Gasteiger charge is 2.26. The molecule has 1 atom stereocenters. The van der Waals surface area contributed by atoms with Gasteiger partial charge in [0.15, 0.2) is 11.5 Å². The average molecular weight is 356 g/mol. The minimum Gasteiger partial charge on any atom is -0.454 e. The van der Waals surface area contributed by atoms with E-state index in [0.29, 0.717) is 22.6 Å². The number of fused-ring (bicyclic) bond motifs is 2. The summed E-state index contributed by atoms with van der Waals surface area (Å²) in [5.74, 6) is 1.01. The number of hydrogen-bond donors (Lipinski definition) is 2. The van der Waals surface area contributed by atoms with Crippen LogP contribution in [0.4, 0.5) is 0 Å². The van der Waals surface area contributed by atoms with Gasteiger partial charge in [0.05, 0.1) is 22.3 Å². The summed E-state index contributed by atoms with van der Waals surface area (Å²) in [6.45, 7) is 1.90. The molecule has 3 aromatic rings. The third-order valence-electron chi connectivity index (χ3n) is 4.18. The lowest BCUT2D eigenvalue weighted by atomic mass is 9.95. The topological polar surface area (TPSA) is 80.7 Å². The molecule has 0 spiro atoms. The Morgan fingerprint density at radius 1 is 1.28 bits per heavy atom. The normalized spacial score (nSPS) is 15.1. The minimum absolute atomic E-state index is 0.0756. The number of hydrogen-bond acceptors (Lipinski definition) is 6. The molecule has 1 amide bonds. The molecular formula is C18H16N2O4S. The third kappa shape index (κ3) is 3.04. The first kappa shape index (κ1) is 15.9. The van der Waals surface area contributed by atoms with E-state index in [4.69, 9.17) is 9.47 Å². The van der Waals surface area contributed by atoms with Gasteiger partial charge in [-0.3, -0.25) is 4.79 Å². The quantitative estimate of drug-likeness (QED) is 0.751. The highest BCUT2D eigenvalue weighted by atomic mass is 32.1. The van der Waals surface area contributed by atoms with Gasteiger partial charge in [-0.05, 0) is 42.8 Å². The van der Waals surface area contributed by atoms with Crippen LogP contribution in [0, 0.1) is 0 Å². The molecule has 0 saturated heterocycles. The Balaban J connectivity index is 1.48. The number of nitrogens with one attached hydrogen (secondary N) is 1. The number of carbonyl (C=O) groups excluding carboxylic acids is 1. The van der Waals surface area contributed by atoms with Gasteiger partial charge in [0.1, 0.15) is 5.60 Å². The maximum atomic E-state index is 12.4. The molecule has 128 valence electrons. The lowest BCUT2D eigenvalue weighted by Crippen LogP contribution is -2.38. The molecule has 2 N–H and O–H groups in total. The van der Waals surface area contributed by atoms with Crippen LogP contribution in [0.3, 0.4) is 0 Å². The first-order valence-electron chi connectivity index (χ1n) is 7.77. The Kier molecular flexibility index (Phi) is 3.82. The largest absolute Gasteiger partial charge is 0.454 e. The molecular weight excluding hydrogens is 340 g/mol. The van der Waals surface area contributed by atoms with E-state index in [2.05, 4.69) is 10.3 Å². The van der Waals surface area contributed by atoms with Crippen LogP contribution in [0.2, 0.25) is 0 Å². The number of nitrogens with zero attached hydrogens (tertiary/aromatic N) is 1. The van der Waals surface area contributed by atoms with Crippen LogP contribution < -0.4 is 14.8 Å². The van der Waals surface area contributed by atoms with E-state index in [9.17, 15) is 9.90 Å². The highest BCUT2D eigenvalue weighted by molar-refractivity contribution is 7.16. The van der Waals surface area contributed by atoms with Crippen molar-refractivity contribution >= 4 is 27.5 Å². The predicted octanol–water partition coefficient (Wildman–Crippen LogP) is 2.66. The van der Waals surface area contributed by atoms with Crippen molar-refractivity contribution < 1.29 is 19.4 Å². The number of ether oxygens (including phenoxy) is 2. The number of aliphatic hydroxyl groups is 1. The van der Waals surface area contributed by atoms with Crippen molar-refractivity contribution in [3.8, 4) is 11.5 Å². The monoisotopic (exact) mass is 356 g/mol. The van der Waals surface area contributed by atoms with Crippen LogP contribution in [-0.4, -0.2) is 29.3 Å². The Hall–Kier alpha value is -2.64. The fourth-order valence-electron chi connectivity index (χ4n) is 2.68. The highest BCUT2D eigenvalue weighted by Crippen LogP contribution is 2.35. The van der Waals surface area contributed by atoms with E-state index in [1.807, 2.05) is 6.07 Å². The number of benzene rings is 2. The zero-order valence-corrected chi connectivity index (χ0v) is 14.3. The van der Waals surface area contributed by atoms with Gasteiger partial charge >= 0.3 is 0 Å². The Labute approximate surface area is 148 Å². The van der Waals surface area contributed by atoms with Gasteiger partial charge in [0.25, 0.3) is 5.91 Å². The van der Waals surface area contributed by atoms with E-state index in [-0.39, 0.29) is 19.2 Å². The van der Waals surface area contributed by atoms with Crippen LogP contribution in [0.25, 0.3) is 10.2 Å². The van der Waals surface area contributed by atoms with Crippen LogP contribution >= 0.6 is 11.3 Å². The van der Waals surface area contributed by atoms with Crippen molar-refractivity contribution in [1.29, 1.82) is 0 Å². The van der Waals surface area contributed by atoms with Gasteiger partial charge in [-0.1, -0.05) is 6.07 Å². The summed E-state index contributed by atoms with van der Waals surface area (Å²) in [5, 5.41) is 13.5. The van der Waals surface area contributed by atoms with Crippen LogP contribution in [-0.2, 0) is 5.60 Å². The van der Waals surface area contributed by atoms with Crippen molar-refractivity contribution in [2.24, 2.45) is 0 Å². The molecule has 1 aromatic heterocycles. The van der Waals surface area contributed by atoms with E-state index < -0.39 is 5.60 Å². The van der Waals surface area contributed by atoms with Gasteiger partial charge in [0, 0.05) is 5.56 Å². The first-order valence-corrected chi connectivity index (χ1v) is 8.65. The molecule has 7 heteroatoms. The summed E-state index contributed by atoms with van der Waals surface area (Å²) in [5.41, 5.74) is 2.57. The first-order chi connectivity index (χ1) is 12.0. The maximum Gasteiger partial charge on any atom is 0.251 e. The second-order valence-electron chi connectivity index (χ2n) is 6.06. The van der Waals surface area contributed by atoms with E-state index in [1.54, 1.807) is 42.8 Å². The molecule has 0 aliphatic carbocycles. The lowest BCUT2D eigenvalue weighted by Gasteiger charge is -2.24. The second-order valence-corrected chi connectivity index (χ2v) is 6.95. The number of rotatable bonds is 4. The Bertz CT molecular complexity index is 951. The van der Waals surface area contributed by atoms with Gasteiger partial charge in [-0.15, -0.1) is 11.3 Å². The molecule has 4 rings (SSSR count). The molecule has 0 bridgehead atoms. The number of carbonyl (C=O) groups is 1. The van der Waals surface area contributed by atoms with Gasteiger partial charge in [0.2, 0.25) is 6.79 Å². The third-order valence-corrected chi connectivity index (χ3v) is 4.97. The summed E-state index contributed by atoms with van der Waals surface area (Å²) < 4.78 is 11.6. The maximum absolute atomic E-state index is 12.4. The van der Waals surface area contributed by atoms with E-state index in [1.165, 1.54) is 11.3 Å². The molecule has 0 radical (unpaired) electrons.